The summed E-state index contributed by atoms with van der Waals surface area (Å²) in [5, 5.41) is 25.0. The third kappa shape index (κ3) is 6.45. The van der Waals surface area contributed by atoms with E-state index >= 15 is 0 Å². The van der Waals surface area contributed by atoms with Crippen molar-refractivity contribution < 1.29 is 72.1 Å². The number of ether oxygens (including phenoxy) is 7. The largest absolute Gasteiger partial charge is 0.463 e. The van der Waals surface area contributed by atoms with Gasteiger partial charge in [0.1, 0.15) is 25.6 Å². The lowest BCUT2D eigenvalue weighted by Crippen LogP contribution is -2.69. The summed E-state index contributed by atoms with van der Waals surface area (Å²) in [7, 11) is 0. The zero-order chi connectivity index (χ0) is 37.8. The molecule has 1 unspecified atom stereocenters. The second-order valence-corrected chi connectivity index (χ2v) is 15.8. The van der Waals surface area contributed by atoms with Gasteiger partial charge in [0.15, 0.2) is 24.6 Å². The quantitative estimate of drug-likeness (QED) is 0.150. The molecule has 0 aromatic heterocycles. The molecule has 0 radical (unpaired) electrons. The van der Waals surface area contributed by atoms with Crippen molar-refractivity contribution >= 4 is 36.1 Å². The van der Waals surface area contributed by atoms with E-state index in [1.165, 1.54) is 6.92 Å². The van der Waals surface area contributed by atoms with Gasteiger partial charge >= 0.3 is 29.8 Å². The second-order valence-electron chi connectivity index (χ2n) is 15.8. The maximum absolute atomic E-state index is 13.3. The lowest BCUT2D eigenvalue weighted by Gasteiger charge is -2.65. The SMILES string of the molecule is CC(=O)OC[C@H]1O[C@@H](O[C@H]2CC[C@]3(C=O)[C@H]4CC[C@]5(C)[C@@H](C6=CC(=O)OC6)CCC5(O)[C@@H]4CC[C@]3(O)C2)[C@H](OC(C)=O)[C@@H](OC(C)=O)[C@@H]1OC(C)=O. The van der Waals surface area contributed by atoms with E-state index in [0.29, 0.717) is 38.5 Å². The summed E-state index contributed by atoms with van der Waals surface area (Å²) in [5.74, 6) is -3.89. The highest BCUT2D eigenvalue weighted by Crippen LogP contribution is 2.70. The molecule has 15 nitrogen and oxygen atoms in total. The lowest BCUT2D eigenvalue weighted by molar-refractivity contribution is -0.326. The molecule has 52 heavy (non-hydrogen) atoms. The first-order valence-electron chi connectivity index (χ1n) is 18.2. The predicted molar refractivity (Wildman–Crippen MR) is 174 cm³/mol. The van der Waals surface area contributed by atoms with Gasteiger partial charge in [0.25, 0.3) is 0 Å². The van der Waals surface area contributed by atoms with Crippen LogP contribution in [-0.2, 0) is 61.9 Å². The molecule has 0 aromatic carbocycles. The van der Waals surface area contributed by atoms with E-state index in [2.05, 4.69) is 6.92 Å². The van der Waals surface area contributed by atoms with Gasteiger partial charge in [-0.1, -0.05) is 6.92 Å². The number of aldehydes is 1. The number of carbonyl (C=O) groups excluding carboxylic acids is 6. The van der Waals surface area contributed by atoms with Gasteiger partial charge in [-0.15, -0.1) is 0 Å². The summed E-state index contributed by atoms with van der Waals surface area (Å²) in [6.07, 6.45) is -1.40. The molecular formula is C37H50O15. The van der Waals surface area contributed by atoms with Gasteiger partial charge in [-0.3, -0.25) is 19.2 Å². The number of cyclic esters (lactones) is 1. The van der Waals surface area contributed by atoms with Gasteiger partial charge in [0, 0.05) is 45.6 Å². The molecule has 13 atom stereocenters. The number of aliphatic hydroxyl groups is 2. The Hall–Kier alpha value is -3.40. The van der Waals surface area contributed by atoms with E-state index < -0.39 is 89.3 Å². The van der Waals surface area contributed by atoms with Crippen molar-refractivity contribution in [1.29, 1.82) is 0 Å². The minimum Gasteiger partial charge on any atom is -0.463 e. The van der Waals surface area contributed by atoms with Crippen molar-refractivity contribution in [2.24, 2.45) is 28.6 Å². The highest BCUT2D eigenvalue weighted by molar-refractivity contribution is 5.85. The zero-order valence-electron chi connectivity index (χ0n) is 30.3. The van der Waals surface area contributed by atoms with Gasteiger partial charge in [0.05, 0.1) is 22.7 Å². The van der Waals surface area contributed by atoms with Crippen molar-refractivity contribution in [3.05, 3.63) is 11.6 Å². The van der Waals surface area contributed by atoms with Gasteiger partial charge in [0.2, 0.25) is 0 Å². The summed E-state index contributed by atoms with van der Waals surface area (Å²) in [6, 6.07) is 0. The van der Waals surface area contributed by atoms with Gasteiger partial charge < -0.3 is 48.2 Å². The number of rotatable bonds is 9. The van der Waals surface area contributed by atoms with Crippen LogP contribution in [0.2, 0.25) is 0 Å². The molecular weight excluding hydrogens is 684 g/mol. The summed E-state index contributed by atoms with van der Waals surface area (Å²) < 4.78 is 39.5. The summed E-state index contributed by atoms with van der Waals surface area (Å²) >= 11 is 0. The lowest BCUT2D eigenvalue weighted by atomic mass is 9.41. The standard InChI is InChI=1S/C37H50O15/c1-19(39)46-17-28-30(48-20(2)40)31(49-21(3)41)32(50-22(4)42)33(52-28)51-24-6-11-35(18-38)26-7-10-34(5)25(23-14-29(43)47-16-23)9-13-37(34,45)27(26)8-12-36(35,44)15-24/h14,18,24-28,30-33,44-45H,6-13,15-17H2,1-5H3/t24-,25+,26-,27+,28+,30+,31-,32+,33+,34+,35-,36-,37?/m0/s1. The molecule has 2 N–H and O–H groups in total. The van der Waals surface area contributed by atoms with Crippen molar-refractivity contribution in [3.8, 4) is 0 Å². The number of fused-ring (bicyclic) bond motifs is 5. The normalized spacial score (nSPS) is 43.8. The van der Waals surface area contributed by atoms with Crippen LogP contribution in [0.25, 0.3) is 0 Å². The average molecular weight is 735 g/mol. The topological polar surface area (TPSA) is 207 Å². The van der Waals surface area contributed by atoms with Crippen LogP contribution in [-0.4, -0.2) is 108 Å². The van der Waals surface area contributed by atoms with Crippen molar-refractivity contribution in [3.63, 3.8) is 0 Å². The molecule has 2 heterocycles. The molecule has 4 saturated carbocycles. The van der Waals surface area contributed by atoms with E-state index in [1.54, 1.807) is 6.08 Å². The molecule has 1 saturated heterocycles. The van der Waals surface area contributed by atoms with Crippen molar-refractivity contribution in [2.45, 2.75) is 140 Å². The van der Waals surface area contributed by atoms with Crippen LogP contribution in [0.5, 0.6) is 0 Å². The van der Waals surface area contributed by atoms with E-state index in [1.807, 2.05) is 0 Å². The zero-order valence-corrected chi connectivity index (χ0v) is 30.3. The third-order valence-electron chi connectivity index (χ3n) is 13.1. The highest BCUT2D eigenvalue weighted by atomic mass is 16.7. The van der Waals surface area contributed by atoms with Gasteiger partial charge in [-0.25, -0.2) is 4.79 Å². The predicted octanol–water partition coefficient (Wildman–Crippen LogP) is 2.01. The Morgan fingerprint density at radius 1 is 0.846 bits per heavy atom. The Morgan fingerprint density at radius 2 is 1.50 bits per heavy atom. The molecule has 5 fully saturated rings. The summed E-state index contributed by atoms with van der Waals surface area (Å²) in [4.78, 5) is 73.7. The number of carbonyl (C=O) groups is 6. The minimum atomic E-state index is -1.51. The maximum atomic E-state index is 13.3. The van der Waals surface area contributed by atoms with E-state index in [9.17, 15) is 39.0 Å². The number of hydrogen-bond donors (Lipinski definition) is 2. The van der Waals surface area contributed by atoms with Crippen molar-refractivity contribution in [2.75, 3.05) is 13.2 Å². The Bertz CT molecular complexity index is 1510. The van der Waals surface area contributed by atoms with Crippen molar-refractivity contribution in [1.82, 2.24) is 0 Å². The Morgan fingerprint density at radius 3 is 2.12 bits per heavy atom. The van der Waals surface area contributed by atoms with E-state index in [-0.39, 0.29) is 49.6 Å². The molecule has 6 rings (SSSR count). The molecule has 0 spiro atoms. The van der Waals surface area contributed by atoms with E-state index in [4.69, 9.17) is 33.2 Å². The fourth-order valence-corrected chi connectivity index (χ4v) is 10.9. The minimum absolute atomic E-state index is 0.0203. The summed E-state index contributed by atoms with van der Waals surface area (Å²) in [5.41, 5.74) is -3.40. The molecule has 288 valence electrons. The second kappa shape index (κ2) is 14.1. The molecule has 4 aliphatic carbocycles. The van der Waals surface area contributed by atoms with Crippen LogP contribution in [0.3, 0.4) is 0 Å². The molecule has 0 amide bonds. The van der Waals surface area contributed by atoms with Crippen LogP contribution >= 0.6 is 0 Å². The summed E-state index contributed by atoms with van der Waals surface area (Å²) in [6.45, 7) is 6.48. The van der Waals surface area contributed by atoms with E-state index in [0.717, 1.165) is 32.6 Å². The average Bonchev–Trinajstić information content (AvgIpc) is 3.61. The van der Waals surface area contributed by atoms with Crippen LogP contribution in [0, 0.1) is 28.6 Å². The number of esters is 5. The number of hydrogen-bond acceptors (Lipinski definition) is 15. The first-order chi connectivity index (χ1) is 24.5. The fraction of sp³-hybridized carbons (Fsp3) is 0.784. The molecule has 2 aliphatic heterocycles. The first-order valence-corrected chi connectivity index (χ1v) is 18.2. The first kappa shape index (κ1) is 38.3. The molecule has 6 aliphatic rings. The van der Waals surface area contributed by atoms with Gasteiger partial charge in [-0.05, 0) is 74.7 Å². The van der Waals surface area contributed by atoms with Gasteiger partial charge in [-0.2, -0.15) is 0 Å². The third-order valence-corrected chi connectivity index (χ3v) is 13.1. The van der Waals surface area contributed by atoms with Crippen LogP contribution in [0.1, 0.15) is 92.4 Å². The monoisotopic (exact) mass is 734 g/mol. The Balaban J connectivity index is 1.25. The van der Waals surface area contributed by atoms with Crippen LogP contribution in [0.4, 0.5) is 0 Å². The van der Waals surface area contributed by atoms with Crippen LogP contribution < -0.4 is 0 Å². The smallest absolute Gasteiger partial charge is 0.331 e. The van der Waals surface area contributed by atoms with Crippen LogP contribution in [0.15, 0.2) is 11.6 Å². The Kier molecular flexibility index (Phi) is 10.4. The molecule has 0 bridgehead atoms. The maximum Gasteiger partial charge on any atom is 0.331 e. The Labute approximate surface area is 302 Å². The molecule has 15 heteroatoms. The molecule has 0 aromatic rings. The fourth-order valence-electron chi connectivity index (χ4n) is 10.9. The highest BCUT2D eigenvalue weighted by Gasteiger charge is 2.71.